The van der Waals surface area contributed by atoms with E-state index in [1.54, 1.807) is 4.90 Å². The lowest BCUT2D eigenvalue weighted by molar-refractivity contribution is -0.155. The molecule has 1 rings (SSSR count). The van der Waals surface area contributed by atoms with Crippen molar-refractivity contribution in [1.82, 2.24) is 10.2 Å². The number of carbonyl (C=O) groups excluding carboxylic acids is 2. The van der Waals surface area contributed by atoms with E-state index >= 15 is 0 Å². The van der Waals surface area contributed by atoms with Crippen molar-refractivity contribution < 1.29 is 14.3 Å². The summed E-state index contributed by atoms with van der Waals surface area (Å²) in [6.07, 6.45) is 3.38. The molecular weight excluding hydrogens is 232 g/mol. The van der Waals surface area contributed by atoms with Gasteiger partial charge in [0.05, 0.1) is 13.2 Å². The molecule has 1 heterocycles. The summed E-state index contributed by atoms with van der Waals surface area (Å²) in [5, 5.41) is 3.24. The number of esters is 1. The zero-order chi connectivity index (χ0) is 13.5. The number of nitrogens with zero attached hydrogens (tertiary/aromatic N) is 1. The van der Waals surface area contributed by atoms with Crippen molar-refractivity contribution >= 4 is 11.9 Å². The Hall–Kier alpha value is -1.10. The molecule has 5 nitrogen and oxygen atoms in total. The van der Waals surface area contributed by atoms with Crippen molar-refractivity contribution in [3.63, 3.8) is 0 Å². The topological polar surface area (TPSA) is 58.6 Å². The van der Waals surface area contributed by atoms with E-state index in [2.05, 4.69) is 12.2 Å². The smallest absolute Gasteiger partial charge is 0.328 e. The number of hydrogen-bond donors (Lipinski definition) is 1. The number of amides is 1. The number of carbonyl (C=O) groups is 2. The molecule has 1 saturated heterocycles. The minimum atomic E-state index is -0.436. The number of likely N-dealkylation sites (tertiary alicyclic amines) is 1. The third-order valence-corrected chi connectivity index (χ3v) is 3.35. The van der Waals surface area contributed by atoms with Gasteiger partial charge in [0, 0.05) is 6.54 Å². The SMILES string of the molecule is CCCNC1CCCN(C(CC)C(=O)OC)C1=O. The van der Waals surface area contributed by atoms with Crippen LogP contribution in [0.5, 0.6) is 0 Å². The molecule has 1 amide bonds. The molecule has 0 bridgehead atoms. The van der Waals surface area contributed by atoms with Crippen LogP contribution >= 0.6 is 0 Å². The van der Waals surface area contributed by atoms with Crippen molar-refractivity contribution in [3.8, 4) is 0 Å². The molecule has 0 aliphatic carbocycles. The van der Waals surface area contributed by atoms with Crippen LogP contribution in [-0.4, -0.2) is 49.1 Å². The lowest BCUT2D eigenvalue weighted by Gasteiger charge is -2.36. The molecule has 18 heavy (non-hydrogen) atoms. The Morgan fingerprint density at radius 3 is 2.83 bits per heavy atom. The van der Waals surface area contributed by atoms with Gasteiger partial charge in [0.15, 0.2) is 0 Å². The van der Waals surface area contributed by atoms with Crippen LogP contribution < -0.4 is 5.32 Å². The molecule has 1 N–H and O–H groups in total. The summed E-state index contributed by atoms with van der Waals surface area (Å²) >= 11 is 0. The van der Waals surface area contributed by atoms with Crippen LogP contribution in [0.15, 0.2) is 0 Å². The fourth-order valence-corrected chi connectivity index (χ4v) is 2.37. The van der Waals surface area contributed by atoms with Gasteiger partial charge in [-0.25, -0.2) is 4.79 Å². The van der Waals surface area contributed by atoms with Gasteiger partial charge in [-0.3, -0.25) is 4.79 Å². The van der Waals surface area contributed by atoms with Gasteiger partial charge in [-0.1, -0.05) is 13.8 Å². The Bertz CT molecular complexity index is 294. The quantitative estimate of drug-likeness (QED) is 0.718. The predicted molar refractivity (Wildman–Crippen MR) is 69.1 cm³/mol. The second kappa shape index (κ2) is 7.36. The molecule has 0 aromatic heterocycles. The highest BCUT2D eigenvalue weighted by molar-refractivity contribution is 5.88. The van der Waals surface area contributed by atoms with E-state index in [1.807, 2.05) is 6.92 Å². The molecule has 0 spiro atoms. The van der Waals surface area contributed by atoms with E-state index in [0.29, 0.717) is 13.0 Å². The van der Waals surface area contributed by atoms with Crippen LogP contribution in [0.25, 0.3) is 0 Å². The van der Waals surface area contributed by atoms with Crippen molar-refractivity contribution in [2.24, 2.45) is 0 Å². The molecule has 1 aliphatic heterocycles. The van der Waals surface area contributed by atoms with E-state index in [4.69, 9.17) is 4.74 Å². The number of methoxy groups -OCH3 is 1. The van der Waals surface area contributed by atoms with Crippen molar-refractivity contribution in [2.45, 2.75) is 51.6 Å². The van der Waals surface area contributed by atoms with E-state index < -0.39 is 6.04 Å². The lowest BCUT2D eigenvalue weighted by Crippen LogP contribution is -2.56. The van der Waals surface area contributed by atoms with Crippen LogP contribution in [0.2, 0.25) is 0 Å². The van der Waals surface area contributed by atoms with Crippen LogP contribution in [0.1, 0.15) is 39.5 Å². The second-order valence-corrected chi connectivity index (χ2v) is 4.63. The van der Waals surface area contributed by atoms with Crippen LogP contribution in [-0.2, 0) is 14.3 Å². The minimum Gasteiger partial charge on any atom is -0.467 e. The Labute approximate surface area is 109 Å². The maximum Gasteiger partial charge on any atom is 0.328 e. The Kier molecular flexibility index (Phi) is 6.12. The van der Waals surface area contributed by atoms with Gasteiger partial charge in [0.25, 0.3) is 0 Å². The average molecular weight is 256 g/mol. The highest BCUT2D eigenvalue weighted by Crippen LogP contribution is 2.17. The van der Waals surface area contributed by atoms with Crippen LogP contribution in [0.4, 0.5) is 0 Å². The molecule has 104 valence electrons. The summed E-state index contributed by atoms with van der Waals surface area (Å²) in [4.78, 5) is 25.6. The van der Waals surface area contributed by atoms with Gasteiger partial charge < -0.3 is 15.0 Å². The standard InChI is InChI=1S/C13H24N2O3/c1-4-8-14-10-7-6-9-15(12(10)16)11(5-2)13(17)18-3/h10-11,14H,4-9H2,1-3H3. The molecule has 0 aromatic rings. The third kappa shape index (κ3) is 3.45. The van der Waals surface area contributed by atoms with Gasteiger partial charge >= 0.3 is 5.97 Å². The zero-order valence-corrected chi connectivity index (χ0v) is 11.6. The Morgan fingerprint density at radius 2 is 2.28 bits per heavy atom. The first-order chi connectivity index (χ1) is 8.65. The maximum absolute atomic E-state index is 12.3. The number of rotatable bonds is 6. The normalized spacial score (nSPS) is 21.8. The fraction of sp³-hybridized carbons (Fsp3) is 0.846. The molecule has 0 aromatic carbocycles. The molecular formula is C13H24N2O3. The van der Waals surface area contributed by atoms with E-state index in [9.17, 15) is 9.59 Å². The number of hydrogen-bond acceptors (Lipinski definition) is 4. The van der Waals surface area contributed by atoms with Gasteiger partial charge in [-0.05, 0) is 32.2 Å². The fourth-order valence-electron chi connectivity index (χ4n) is 2.37. The first kappa shape index (κ1) is 15.0. The minimum absolute atomic E-state index is 0.0342. The maximum atomic E-state index is 12.3. The summed E-state index contributed by atoms with van der Waals surface area (Å²) in [7, 11) is 1.37. The second-order valence-electron chi connectivity index (χ2n) is 4.63. The largest absolute Gasteiger partial charge is 0.467 e. The van der Waals surface area contributed by atoms with E-state index in [-0.39, 0.29) is 17.9 Å². The summed E-state index contributed by atoms with van der Waals surface area (Å²) in [6, 6.07) is -0.578. The predicted octanol–water partition coefficient (Wildman–Crippen LogP) is 0.929. The van der Waals surface area contributed by atoms with Gasteiger partial charge in [-0.15, -0.1) is 0 Å². The summed E-state index contributed by atoms with van der Waals surface area (Å²) in [5.41, 5.74) is 0. The highest BCUT2D eigenvalue weighted by Gasteiger charge is 2.35. The summed E-state index contributed by atoms with van der Waals surface area (Å²) in [5.74, 6) is -0.283. The third-order valence-electron chi connectivity index (χ3n) is 3.35. The molecule has 0 radical (unpaired) electrons. The van der Waals surface area contributed by atoms with Gasteiger partial charge in [0.1, 0.15) is 6.04 Å². The Morgan fingerprint density at radius 1 is 1.56 bits per heavy atom. The number of nitrogens with one attached hydrogen (secondary N) is 1. The van der Waals surface area contributed by atoms with E-state index in [0.717, 1.165) is 25.8 Å². The van der Waals surface area contributed by atoms with Crippen molar-refractivity contribution in [1.29, 1.82) is 0 Å². The molecule has 2 atom stereocenters. The summed E-state index contributed by atoms with van der Waals surface area (Å²) in [6.45, 7) is 5.45. The molecule has 2 unspecified atom stereocenters. The monoisotopic (exact) mass is 256 g/mol. The van der Waals surface area contributed by atoms with Crippen LogP contribution in [0.3, 0.4) is 0 Å². The first-order valence-corrected chi connectivity index (χ1v) is 6.77. The average Bonchev–Trinajstić information content (AvgIpc) is 2.39. The van der Waals surface area contributed by atoms with Crippen LogP contribution in [0, 0.1) is 0 Å². The first-order valence-electron chi connectivity index (χ1n) is 6.77. The Balaban J connectivity index is 2.69. The molecule has 5 heteroatoms. The molecule has 1 fully saturated rings. The summed E-state index contributed by atoms with van der Waals surface area (Å²) < 4.78 is 4.77. The highest BCUT2D eigenvalue weighted by atomic mass is 16.5. The van der Waals surface area contributed by atoms with Crippen molar-refractivity contribution in [2.75, 3.05) is 20.2 Å². The lowest BCUT2D eigenvalue weighted by atomic mass is 10.0. The zero-order valence-electron chi connectivity index (χ0n) is 11.6. The molecule has 1 aliphatic rings. The van der Waals surface area contributed by atoms with Gasteiger partial charge in [0.2, 0.25) is 5.91 Å². The number of ether oxygens (including phenoxy) is 1. The van der Waals surface area contributed by atoms with Crippen molar-refractivity contribution in [3.05, 3.63) is 0 Å². The molecule has 0 saturated carbocycles. The van der Waals surface area contributed by atoms with Gasteiger partial charge in [-0.2, -0.15) is 0 Å². The van der Waals surface area contributed by atoms with E-state index in [1.165, 1.54) is 7.11 Å². The number of piperidine rings is 1.